The molecule has 1 unspecified atom stereocenters. The maximum absolute atomic E-state index is 12.9. The van der Waals surface area contributed by atoms with E-state index < -0.39 is 5.54 Å². The third-order valence-electron chi connectivity index (χ3n) is 4.70. The van der Waals surface area contributed by atoms with Crippen molar-refractivity contribution in [1.82, 2.24) is 20.0 Å². The number of halogens is 1. The summed E-state index contributed by atoms with van der Waals surface area (Å²) < 4.78 is 1.66. The van der Waals surface area contributed by atoms with Crippen LogP contribution in [0, 0.1) is 0 Å². The second kappa shape index (κ2) is 5.34. The van der Waals surface area contributed by atoms with E-state index in [-0.39, 0.29) is 23.9 Å². The van der Waals surface area contributed by atoms with Gasteiger partial charge in [0.1, 0.15) is 5.54 Å². The van der Waals surface area contributed by atoms with Crippen LogP contribution in [0.5, 0.6) is 0 Å². The fraction of sp³-hybridized carbons (Fsp3) is 0.353. The Hall–Kier alpha value is -2.34. The standard InChI is InChI=1S/C17H17ClN4O2/c1-17(10-21-7-3-6-19-21)15(23)22(16(24)20-17)14-9-13(14)11-4-2-5-12(18)8-11/h2-8,13-14H,9-10H2,1H3,(H,20,24)/t13-,14+,17?/m0/s1. The van der Waals surface area contributed by atoms with Crippen LogP contribution in [-0.2, 0) is 11.3 Å². The lowest BCUT2D eigenvalue weighted by Crippen LogP contribution is -2.48. The van der Waals surface area contributed by atoms with Crippen molar-refractivity contribution in [3.63, 3.8) is 0 Å². The van der Waals surface area contributed by atoms with Crippen molar-refractivity contribution in [2.75, 3.05) is 0 Å². The van der Waals surface area contributed by atoms with Gasteiger partial charge in [0, 0.05) is 29.4 Å². The van der Waals surface area contributed by atoms with Gasteiger partial charge < -0.3 is 5.32 Å². The van der Waals surface area contributed by atoms with Crippen molar-refractivity contribution in [1.29, 1.82) is 0 Å². The number of hydrogen-bond donors (Lipinski definition) is 1. The summed E-state index contributed by atoms with van der Waals surface area (Å²) in [5.41, 5.74) is 0.0960. The molecule has 2 heterocycles. The van der Waals surface area contributed by atoms with Crippen LogP contribution < -0.4 is 5.32 Å². The molecule has 2 fully saturated rings. The number of carbonyl (C=O) groups is 2. The first kappa shape index (κ1) is 15.2. The second-order valence-corrected chi connectivity index (χ2v) is 7.04. The van der Waals surface area contributed by atoms with Crippen LogP contribution in [0.1, 0.15) is 24.8 Å². The van der Waals surface area contributed by atoms with E-state index in [0.29, 0.717) is 11.6 Å². The molecule has 0 radical (unpaired) electrons. The third kappa shape index (κ3) is 2.47. The molecule has 3 amide bonds. The van der Waals surface area contributed by atoms with Crippen molar-refractivity contribution in [3.8, 4) is 0 Å². The van der Waals surface area contributed by atoms with Gasteiger partial charge >= 0.3 is 6.03 Å². The Morgan fingerprint density at radius 3 is 2.92 bits per heavy atom. The van der Waals surface area contributed by atoms with E-state index in [1.807, 2.05) is 24.3 Å². The Morgan fingerprint density at radius 1 is 1.38 bits per heavy atom. The van der Waals surface area contributed by atoms with Gasteiger partial charge in [0.2, 0.25) is 0 Å². The molecule has 24 heavy (non-hydrogen) atoms. The zero-order valence-corrected chi connectivity index (χ0v) is 13.9. The summed E-state index contributed by atoms with van der Waals surface area (Å²) in [4.78, 5) is 26.6. The number of imide groups is 1. The molecule has 0 bridgehead atoms. The molecule has 2 aromatic rings. The van der Waals surface area contributed by atoms with Gasteiger partial charge in [-0.1, -0.05) is 23.7 Å². The summed E-state index contributed by atoms with van der Waals surface area (Å²) in [6.45, 7) is 2.06. The summed E-state index contributed by atoms with van der Waals surface area (Å²) in [5.74, 6) is -0.0389. The summed E-state index contributed by atoms with van der Waals surface area (Å²) >= 11 is 6.04. The third-order valence-corrected chi connectivity index (χ3v) is 4.93. The molecule has 124 valence electrons. The predicted octanol–water partition coefficient (Wildman–Crippen LogP) is 2.40. The van der Waals surface area contributed by atoms with E-state index in [1.54, 1.807) is 30.1 Å². The number of amides is 3. The Morgan fingerprint density at radius 2 is 2.21 bits per heavy atom. The summed E-state index contributed by atoms with van der Waals surface area (Å²) in [6, 6.07) is 8.95. The van der Waals surface area contributed by atoms with Gasteiger partial charge in [0.05, 0.1) is 6.54 Å². The van der Waals surface area contributed by atoms with Gasteiger partial charge in [-0.3, -0.25) is 14.4 Å². The van der Waals surface area contributed by atoms with Crippen LogP contribution in [0.2, 0.25) is 5.02 Å². The summed E-state index contributed by atoms with van der Waals surface area (Å²) in [5, 5.41) is 7.61. The lowest BCUT2D eigenvalue weighted by molar-refractivity contribution is -0.131. The first-order valence-corrected chi connectivity index (χ1v) is 8.24. The minimum atomic E-state index is -0.968. The highest BCUT2D eigenvalue weighted by Gasteiger charge is 2.56. The molecular formula is C17H17ClN4O2. The number of nitrogens with one attached hydrogen (secondary N) is 1. The Labute approximate surface area is 144 Å². The smallest absolute Gasteiger partial charge is 0.322 e. The number of carbonyl (C=O) groups excluding carboxylic acids is 2. The Bertz CT molecular complexity index is 807. The first-order valence-electron chi connectivity index (χ1n) is 7.87. The lowest BCUT2D eigenvalue weighted by atomic mass is 10.0. The van der Waals surface area contributed by atoms with Crippen molar-refractivity contribution in [2.45, 2.75) is 37.4 Å². The van der Waals surface area contributed by atoms with Gasteiger partial charge in [-0.25, -0.2) is 4.79 Å². The van der Waals surface area contributed by atoms with E-state index in [4.69, 9.17) is 11.6 Å². The fourth-order valence-electron chi connectivity index (χ4n) is 3.40. The minimum Gasteiger partial charge on any atom is -0.322 e. The van der Waals surface area contributed by atoms with E-state index in [0.717, 1.165) is 12.0 Å². The molecule has 3 atom stereocenters. The Balaban J connectivity index is 1.53. The van der Waals surface area contributed by atoms with Crippen LogP contribution in [0.15, 0.2) is 42.7 Å². The molecule has 1 N–H and O–H groups in total. The highest BCUT2D eigenvalue weighted by Crippen LogP contribution is 2.47. The van der Waals surface area contributed by atoms with Gasteiger partial charge in [0.15, 0.2) is 0 Å². The fourth-order valence-corrected chi connectivity index (χ4v) is 3.60. The molecule has 1 saturated heterocycles. The van der Waals surface area contributed by atoms with Gasteiger partial charge in [-0.15, -0.1) is 0 Å². The summed E-state index contributed by atoms with van der Waals surface area (Å²) in [7, 11) is 0. The van der Waals surface area contributed by atoms with E-state index >= 15 is 0 Å². The van der Waals surface area contributed by atoms with Gasteiger partial charge in [-0.05, 0) is 37.1 Å². The zero-order valence-electron chi connectivity index (χ0n) is 13.1. The molecule has 1 saturated carbocycles. The number of aromatic nitrogens is 2. The number of benzene rings is 1. The molecule has 4 rings (SSSR count). The zero-order chi connectivity index (χ0) is 16.9. The maximum atomic E-state index is 12.9. The average Bonchev–Trinajstić information content (AvgIpc) is 3.07. The number of urea groups is 1. The van der Waals surface area contributed by atoms with E-state index in [9.17, 15) is 9.59 Å². The highest BCUT2D eigenvalue weighted by atomic mass is 35.5. The molecule has 1 aliphatic heterocycles. The number of nitrogens with zero attached hydrogens (tertiary/aromatic N) is 3. The SMILES string of the molecule is CC1(Cn2cccn2)NC(=O)N([C@@H]2C[C@H]2c2cccc(Cl)c2)C1=O. The molecule has 1 aliphatic carbocycles. The highest BCUT2D eigenvalue weighted by molar-refractivity contribution is 6.30. The molecule has 1 aromatic carbocycles. The first-order chi connectivity index (χ1) is 11.5. The average molecular weight is 345 g/mol. The van der Waals surface area contributed by atoms with Crippen LogP contribution in [-0.4, -0.2) is 38.2 Å². The Kier molecular flexibility index (Phi) is 3.38. The van der Waals surface area contributed by atoms with Crippen LogP contribution in [0.4, 0.5) is 4.79 Å². The number of rotatable bonds is 4. The van der Waals surface area contributed by atoms with Crippen molar-refractivity contribution in [3.05, 3.63) is 53.3 Å². The maximum Gasteiger partial charge on any atom is 0.325 e. The largest absolute Gasteiger partial charge is 0.325 e. The topological polar surface area (TPSA) is 67.2 Å². The van der Waals surface area contributed by atoms with Gasteiger partial charge in [-0.2, -0.15) is 5.10 Å². The lowest BCUT2D eigenvalue weighted by Gasteiger charge is -2.21. The van der Waals surface area contributed by atoms with Crippen molar-refractivity contribution in [2.24, 2.45) is 0 Å². The molecule has 0 spiro atoms. The molecular weight excluding hydrogens is 328 g/mol. The van der Waals surface area contributed by atoms with Crippen LogP contribution >= 0.6 is 11.6 Å². The summed E-state index contributed by atoms with van der Waals surface area (Å²) in [6.07, 6.45) is 4.20. The molecule has 2 aliphatic rings. The predicted molar refractivity (Wildman–Crippen MR) is 88.6 cm³/mol. The minimum absolute atomic E-state index is 0.101. The second-order valence-electron chi connectivity index (χ2n) is 6.61. The van der Waals surface area contributed by atoms with Crippen LogP contribution in [0.3, 0.4) is 0 Å². The quantitative estimate of drug-likeness (QED) is 0.866. The number of hydrogen-bond acceptors (Lipinski definition) is 3. The van der Waals surface area contributed by atoms with Gasteiger partial charge in [0.25, 0.3) is 5.91 Å². The van der Waals surface area contributed by atoms with E-state index in [2.05, 4.69) is 10.4 Å². The monoisotopic (exact) mass is 344 g/mol. The normalized spacial score (nSPS) is 29.0. The van der Waals surface area contributed by atoms with E-state index in [1.165, 1.54) is 4.90 Å². The van der Waals surface area contributed by atoms with Crippen LogP contribution in [0.25, 0.3) is 0 Å². The molecule has 1 aromatic heterocycles. The van der Waals surface area contributed by atoms with Crippen molar-refractivity contribution < 1.29 is 9.59 Å². The van der Waals surface area contributed by atoms with Crippen molar-refractivity contribution >= 4 is 23.5 Å². The molecule has 6 nitrogen and oxygen atoms in total. The molecule has 7 heteroatoms.